The number of nitrogens with one attached hydrogen (secondary N) is 1. The highest BCUT2D eigenvalue weighted by molar-refractivity contribution is 7.90. The largest absolute Gasteiger partial charge is 0.370 e. The predicted octanol–water partition coefficient (Wildman–Crippen LogP) is 0.679. The standard InChI is InChI=1S/C16H21N7O2S2/c1-10-3-5-11(6-4-10)27(24,25)22-15(19-2)23-8-7-12-13(9-23)26-16(20-12)21-14(17)18/h3-6H,7-9H2,1-2H3,(H,19,22)(H4,17,18,20,21). The van der Waals surface area contributed by atoms with E-state index < -0.39 is 10.0 Å². The minimum Gasteiger partial charge on any atom is -0.370 e. The maximum atomic E-state index is 12.7. The van der Waals surface area contributed by atoms with Crippen molar-refractivity contribution in [1.82, 2.24) is 14.6 Å². The fourth-order valence-electron chi connectivity index (χ4n) is 2.67. The lowest BCUT2D eigenvalue weighted by molar-refractivity contribution is 0.387. The molecule has 2 aromatic rings. The fourth-order valence-corrected chi connectivity index (χ4v) is 4.76. The first-order valence-corrected chi connectivity index (χ1v) is 10.5. The number of aryl methyl sites for hydroxylation is 1. The van der Waals surface area contributed by atoms with E-state index in [2.05, 4.69) is 19.7 Å². The quantitative estimate of drug-likeness (QED) is 0.505. The second kappa shape index (κ2) is 7.53. The van der Waals surface area contributed by atoms with Gasteiger partial charge in [-0.25, -0.2) is 18.1 Å². The van der Waals surface area contributed by atoms with Gasteiger partial charge in [0.25, 0.3) is 10.0 Å². The highest BCUT2D eigenvalue weighted by Gasteiger charge is 2.26. The second-order valence-corrected chi connectivity index (χ2v) is 8.78. The van der Waals surface area contributed by atoms with E-state index in [0.29, 0.717) is 24.6 Å². The minimum atomic E-state index is -3.72. The summed E-state index contributed by atoms with van der Waals surface area (Å²) < 4.78 is 27.9. The summed E-state index contributed by atoms with van der Waals surface area (Å²) in [5.74, 6) is 0.248. The molecule has 5 N–H and O–H groups in total. The van der Waals surface area contributed by atoms with E-state index in [-0.39, 0.29) is 16.8 Å². The average Bonchev–Trinajstić information content (AvgIpc) is 3.00. The van der Waals surface area contributed by atoms with E-state index in [0.717, 1.165) is 16.1 Å². The molecule has 0 unspecified atom stereocenters. The van der Waals surface area contributed by atoms with E-state index in [1.807, 2.05) is 11.8 Å². The maximum absolute atomic E-state index is 12.7. The molecule has 0 aliphatic carbocycles. The first kappa shape index (κ1) is 19.1. The number of nitrogens with zero attached hydrogens (tertiary/aromatic N) is 4. The number of hydrogen-bond acceptors (Lipinski definition) is 6. The zero-order chi connectivity index (χ0) is 19.6. The highest BCUT2D eigenvalue weighted by Crippen LogP contribution is 2.30. The molecule has 0 amide bonds. The summed E-state index contributed by atoms with van der Waals surface area (Å²) >= 11 is 1.38. The van der Waals surface area contributed by atoms with Crippen LogP contribution in [0, 0.1) is 6.92 Å². The molecule has 0 saturated heterocycles. The van der Waals surface area contributed by atoms with Crippen LogP contribution in [-0.2, 0) is 23.0 Å². The molecule has 0 radical (unpaired) electrons. The van der Waals surface area contributed by atoms with Crippen LogP contribution in [0.25, 0.3) is 0 Å². The number of guanidine groups is 2. The highest BCUT2D eigenvalue weighted by atomic mass is 32.2. The van der Waals surface area contributed by atoms with Gasteiger partial charge in [-0.1, -0.05) is 29.0 Å². The molecular formula is C16H21N7O2S2. The molecule has 11 heteroatoms. The summed E-state index contributed by atoms with van der Waals surface area (Å²) in [6.07, 6.45) is 0.650. The van der Waals surface area contributed by atoms with Crippen LogP contribution in [0.15, 0.2) is 39.1 Å². The van der Waals surface area contributed by atoms with Crippen LogP contribution in [0.2, 0.25) is 0 Å². The number of rotatable bonds is 3. The molecule has 2 heterocycles. The van der Waals surface area contributed by atoms with Gasteiger partial charge in [-0.05, 0) is 19.1 Å². The number of aliphatic imine (C=N–C) groups is 2. The van der Waals surface area contributed by atoms with Gasteiger partial charge in [-0.2, -0.15) is 4.99 Å². The Morgan fingerprint density at radius 2 is 2.00 bits per heavy atom. The maximum Gasteiger partial charge on any atom is 0.264 e. The first-order valence-electron chi connectivity index (χ1n) is 8.18. The molecule has 1 aromatic heterocycles. The van der Waals surface area contributed by atoms with Crippen molar-refractivity contribution in [3.05, 3.63) is 40.4 Å². The number of nitrogens with two attached hydrogens (primary N) is 2. The number of thiazole rings is 1. The lowest BCUT2D eigenvalue weighted by Crippen LogP contribution is -2.45. The Labute approximate surface area is 161 Å². The number of hydrogen-bond donors (Lipinski definition) is 3. The number of aromatic nitrogens is 1. The van der Waals surface area contributed by atoms with Crippen LogP contribution < -0.4 is 16.2 Å². The topological polar surface area (TPSA) is 139 Å². The van der Waals surface area contributed by atoms with Crippen LogP contribution in [0.4, 0.5) is 5.13 Å². The van der Waals surface area contributed by atoms with E-state index in [9.17, 15) is 8.42 Å². The Morgan fingerprint density at radius 1 is 1.30 bits per heavy atom. The summed E-state index contributed by atoms with van der Waals surface area (Å²) in [7, 11) is -2.16. The molecule has 27 heavy (non-hydrogen) atoms. The van der Waals surface area contributed by atoms with Crippen molar-refractivity contribution in [2.24, 2.45) is 21.5 Å². The van der Waals surface area contributed by atoms with Gasteiger partial charge in [0, 0.05) is 24.9 Å². The van der Waals surface area contributed by atoms with E-state index in [1.54, 1.807) is 31.3 Å². The summed E-state index contributed by atoms with van der Waals surface area (Å²) in [4.78, 5) is 15.6. The van der Waals surface area contributed by atoms with Gasteiger partial charge in [-0.15, -0.1) is 0 Å². The fraction of sp³-hybridized carbons (Fsp3) is 0.312. The molecule has 144 valence electrons. The molecule has 1 aromatic carbocycles. The third kappa shape index (κ3) is 4.37. The van der Waals surface area contributed by atoms with Gasteiger partial charge in [0.05, 0.1) is 17.1 Å². The van der Waals surface area contributed by atoms with E-state index in [1.165, 1.54) is 11.3 Å². The molecule has 3 rings (SSSR count). The summed E-state index contributed by atoms with van der Waals surface area (Å²) in [6, 6.07) is 6.66. The molecule has 0 saturated carbocycles. The third-order valence-electron chi connectivity index (χ3n) is 4.01. The van der Waals surface area contributed by atoms with Crippen LogP contribution in [-0.4, -0.2) is 43.8 Å². The zero-order valence-corrected chi connectivity index (χ0v) is 16.6. The van der Waals surface area contributed by atoms with E-state index in [4.69, 9.17) is 11.5 Å². The van der Waals surface area contributed by atoms with Crippen molar-refractivity contribution in [3.8, 4) is 0 Å². The van der Waals surface area contributed by atoms with Gasteiger partial charge in [0.15, 0.2) is 5.96 Å². The number of sulfonamides is 1. The molecule has 0 spiro atoms. The number of fused-ring (bicyclic) bond motifs is 1. The normalized spacial score (nSPS) is 14.6. The summed E-state index contributed by atoms with van der Waals surface area (Å²) in [6.45, 7) is 2.97. The Morgan fingerprint density at radius 3 is 2.63 bits per heavy atom. The minimum absolute atomic E-state index is 0.0420. The van der Waals surface area contributed by atoms with Crippen molar-refractivity contribution >= 4 is 38.4 Å². The smallest absolute Gasteiger partial charge is 0.264 e. The van der Waals surface area contributed by atoms with Gasteiger partial charge in [0.2, 0.25) is 11.1 Å². The average molecular weight is 408 g/mol. The Hall–Kier alpha value is -2.66. The van der Waals surface area contributed by atoms with Gasteiger partial charge in [-0.3, -0.25) is 4.99 Å². The van der Waals surface area contributed by atoms with Crippen LogP contribution in [0.3, 0.4) is 0 Å². The van der Waals surface area contributed by atoms with Gasteiger partial charge >= 0.3 is 0 Å². The van der Waals surface area contributed by atoms with Crippen molar-refractivity contribution in [3.63, 3.8) is 0 Å². The molecular weight excluding hydrogens is 386 g/mol. The molecule has 1 aliphatic rings. The lowest BCUT2D eigenvalue weighted by Gasteiger charge is -2.29. The SMILES string of the molecule is CN=C(NS(=O)(=O)c1ccc(C)cc1)N1CCc2nc(N=C(N)N)sc2C1. The summed E-state index contributed by atoms with van der Waals surface area (Å²) in [5.41, 5.74) is 12.7. The first-order chi connectivity index (χ1) is 12.8. The molecule has 9 nitrogen and oxygen atoms in total. The molecule has 0 atom stereocenters. The van der Waals surface area contributed by atoms with Gasteiger partial charge < -0.3 is 16.4 Å². The monoisotopic (exact) mass is 407 g/mol. The summed E-state index contributed by atoms with van der Waals surface area (Å²) in [5, 5.41) is 0.497. The van der Waals surface area contributed by atoms with Crippen molar-refractivity contribution in [2.75, 3.05) is 13.6 Å². The van der Waals surface area contributed by atoms with Crippen LogP contribution in [0.1, 0.15) is 16.1 Å². The molecule has 0 bridgehead atoms. The van der Waals surface area contributed by atoms with Crippen molar-refractivity contribution in [1.29, 1.82) is 0 Å². The Bertz CT molecular complexity index is 990. The zero-order valence-electron chi connectivity index (χ0n) is 15.0. The Balaban J connectivity index is 1.78. The van der Waals surface area contributed by atoms with Gasteiger partial charge in [0.1, 0.15) is 0 Å². The third-order valence-corrected chi connectivity index (χ3v) is 6.33. The van der Waals surface area contributed by atoms with Crippen molar-refractivity contribution < 1.29 is 8.42 Å². The predicted molar refractivity (Wildman–Crippen MR) is 107 cm³/mol. The lowest BCUT2D eigenvalue weighted by atomic mass is 10.2. The number of benzene rings is 1. The van der Waals surface area contributed by atoms with Crippen LogP contribution in [0.5, 0.6) is 0 Å². The second-order valence-electron chi connectivity index (χ2n) is 6.04. The van der Waals surface area contributed by atoms with Crippen molar-refractivity contribution in [2.45, 2.75) is 24.8 Å². The Kier molecular flexibility index (Phi) is 5.33. The molecule has 1 aliphatic heterocycles. The van der Waals surface area contributed by atoms with E-state index >= 15 is 0 Å². The van der Waals surface area contributed by atoms with Crippen LogP contribution >= 0.6 is 11.3 Å². The molecule has 0 fully saturated rings.